The van der Waals surface area contributed by atoms with Crippen molar-refractivity contribution in [3.8, 4) is 0 Å². The topological polar surface area (TPSA) is 59.9 Å². The first kappa shape index (κ1) is 18.2. The van der Waals surface area contributed by atoms with Gasteiger partial charge in [-0.2, -0.15) is 0 Å². The molecule has 8 heteroatoms. The molecule has 24 heavy (non-hydrogen) atoms. The second-order valence-corrected chi connectivity index (χ2v) is 12.1. The number of nitrogens with zero attached hydrogens (tertiary/aromatic N) is 2. The van der Waals surface area contributed by atoms with E-state index in [1.165, 1.54) is 11.1 Å². The summed E-state index contributed by atoms with van der Waals surface area (Å²) in [7, 11) is -2.83. The Morgan fingerprint density at radius 3 is 2.54 bits per heavy atom. The molecule has 130 valence electrons. The van der Waals surface area contributed by atoms with Crippen molar-refractivity contribution in [1.82, 2.24) is 10.2 Å². The summed E-state index contributed by atoms with van der Waals surface area (Å²) in [4.78, 5) is 0. The van der Waals surface area contributed by atoms with Gasteiger partial charge in [0, 0.05) is 11.0 Å². The number of sulfone groups is 1. The Hall–Kier alpha value is -0.570. The van der Waals surface area contributed by atoms with Crippen molar-refractivity contribution in [2.75, 3.05) is 11.5 Å². The van der Waals surface area contributed by atoms with E-state index in [0.717, 1.165) is 20.9 Å². The van der Waals surface area contributed by atoms with Crippen LogP contribution in [0.5, 0.6) is 0 Å². The molecule has 0 saturated carbocycles. The molecule has 0 spiro atoms. The van der Waals surface area contributed by atoms with Gasteiger partial charge in [0.25, 0.3) is 0 Å². The van der Waals surface area contributed by atoms with Gasteiger partial charge in [0.2, 0.25) is 0 Å². The summed E-state index contributed by atoms with van der Waals surface area (Å²) >= 11 is 4.79. The van der Waals surface area contributed by atoms with E-state index < -0.39 is 9.84 Å². The van der Waals surface area contributed by atoms with Gasteiger partial charge >= 0.3 is 0 Å². The van der Waals surface area contributed by atoms with Crippen molar-refractivity contribution in [2.24, 2.45) is 0 Å². The third-order valence-corrected chi connectivity index (χ3v) is 9.31. The molecule has 1 aliphatic rings. The van der Waals surface area contributed by atoms with Crippen LogP contribution in [-0.4, -0.2) is 35.4 Å². The molecule has 2 heterocycles. The van der Waals surface area contributed by atoms with Crippen LogP contribution in [0.2, 0.25) is 0 Å². The normalized spacial score (nSPS) is 19.9. The van der Waals surface area contributed by atoms with Gasteiger partial charge in [-0.05, 0) is 23.5 Å². The minimum atomic E-state index is -2.83. The monoisotopic (exact) mass is 400 g/mol. The number of benzene rings is 1. The zero-order valence-corrected chi connectivity index (χ0v) is 16.9. The second-order valence-electron chi connectivity index (χ2n) is 6.16. The number of hydrogen-bond donors (Lipinski definition) is 0. The molecule has 0 aliphatic carbocycles. The Bertz CT molecular complexity index is 785. The fourth-order valence-electron chi connectivity index (χ4n) is 2.44. The van der Waals surface area contributed by atoms with E-state index in [9.17, 15) is 8.42 Å². The third kappa shape index (κ3) is 4.97. The zero-order chi connectivity index (χ0) is 17.2. The first-order chi connectivity index (χ1) is 11.4. The Balaban J connectivity index is 1.52. The maximum atomic E-state index is 11.5. The molecule has 3 rings (SSSR count). The van der Waals surface area contributed by atoms with E-state index in [1.807, 2.05) is 0 Å². The second kappa shape index (κ2) is 7.76. The standard InChI is InChI=1S/C16H20N2O2S4/c1-11(2)13-5-3-12(4-6-13)9-21-15-17-18-16(23-15)22-14-7-8-24(19,20)10-14/h3-6,11,14H,7-10H2,1-2H3. The molecule has 1 aromatic carbocycles. The molecule has 2 aromatic rings. The van der Waals surface area contributed by atoms with Crippen LogP contribution >= 0.6 is 34.9 Å². The maximum Gasteiger partial charge on any atom is 0.175 e. The van der Waals surface area contributed by atoms with Crippen LogP contribution in [0.15, 0.2) is 32.9 Å². The van der Waals surface area contributed by atoms with Gasteiger partial charge in [-0.15, -0.1) is 10.2 Å². The average molecular weight is 401 g/mol. The van der Waals surface area contributed by atoms with Crippen molar-refractivity contribution < 1.29 is 8.42 Å². The van der Waals surface area contributed by atoms with Gasteiger partial charge in [0.15, 0.2) is 18.5 Å². The summed E-state index contributed by atoms with van der Waals surface area (Å²) < 4.78 is 24.8. The Labute approximate surface area is 155 Å². The highest BCUT2D eigenvalue weighted by molar-refractivity contribution is 8.04. The van der Waals surface area contributed by atoms with Crippen LogP contribution in [0, 0.1) is 0 Å². The van der Waals surface area contributed by atoms with Gasteiger partial charge in [0.05, 0.1) is 11.5 Å². The van der Waals surface area contributed by atoms with E-state index in [2.05, 4.69) is 48.3 Å². The van der Waals surface area contributed by atoms with Gasteiger partial charge in [-0.3, -0.25) is 0 Å². The lowest BCUT2D eigenvalue weighted by Crippen LogP contribution is -2.05. The summed E-state index contributed by atoms with van der Waals surface area (Å²) in [6.07, 6.45) is 0.720. The summed E-state index contributed by atoms with van der Waals surface area (Å²) in [5.74, 6) is 1.99. The van der Waals surface area contributed by atoms with E-state index in [0.29, 0.717) is 11.7 Å². The first-order valence-electron chi connectivity index (χ1n) is 7.83. The zero-order valence-electron chi connectivity index (χ0n) is 13.6. The van der Waals surface area contributed by atoms with Gasteiger partial charge in [0.1, 0.15) is 0 Å². The summed E-state index contributed by atoms with van der Waals surface area (Å²) in [5, 5.41) is 8.54. The average Bonchev–Trinajstić information content (AvgIpc) is 3.12. The van der Waals surface area contributed by atoms with E-state index >= 15 is 0 Å². The molecule has 1 fully saturated rings. The SMILES string of the molecule is CC(C)c1ccc(CSc2nnc(SC3CCS(=O)(=O)C3)s2)cc1. The lowest BCUT2D eigenvalue weighted by molar-refractivity contribution is 0.602. The molecule has 4 nitrogen and oxygen atoms in total. The van der Waals surface area contributed by atoms with Crippen LogP contribution in [0.4, 0.5) is 0 Å². The molecule has 1 atom stereocenters. The van der Waals surface area contributed by atoms with Crippen LogP contribution in [-0.2, 0) is 15.6 Å². The van der Waals surface area contributed by atoms with Crippen LogP contribution < -0.4 is 0 Å². The summed E-state index contributed by atoms with van der Waals surface area (Å²) in [6.45, 7) is 4.39. The number of rotatable bonds is 6. The minimum absolute atomic E-state index is 0.129. The lowest BCUT2D eigenvalue weighted by atomic mass is 10.0. The quantitative estimate of drug-likeness (QED) is 0.676. The number of hydrogen-bond acceptors (Lipinski definition) is 7. The van der Waals surface area contributed by atoms with Crippen molar-refractivity contribution in [3.63, 3.8) is 0 Å². The Morgan fingerprint density at radius 2 is 1.92 bits per heavy atom. The smallest absolute Gasteiger partial charge is 0.175 e. The minimum Gasteiger partial charge on any atom is -0.229 e. The van der Waals surface area contributed by atoms with Gasteiger partial charge in [-0.25, -0.2) is 8.42 Å². The predicted octanol–water partition coefficient (Wildman–Crippen LogP) is 4.23. The van der Waals surface area contributed by atoms with E-state index in [-0.39, 0.29) is 11.0 Å². The molecule has 1 aromatic heterocycles. The molecule has 0 amide bonds. The highest BCUT2D eigenvalue weighted by atomic mass is 32.2. The molecular weight excluding hydrogens is 380 g/mol. The summed E-state index contributed by atoms with van der Waals surface area (Å²) in [6, 6.07) is 8.70. The number of thioether (sulfide) groups is 2. The third-order valence-electron chi connectivity index (χ3n) is 3.85. The van der Waals surface area contributed by atoms with E-state index in [1.54, 1.807) is 34.9 Å². The number of aromatic nitrogens is 2. The summed E-state index contributed by atoms with van der Waals surface area (Å²) in [5.41, 5.74) is 2.63. The van der Waals surface area contributed by atoms with Crippen molar-refractivity contribution >= 4 is 44.7 Å². The predicted molar refractivity (Wildman–Crippen MR) is 103 cm³/mol. The fraction of sp³-hybridized carbons (Fsp3) is 0.500. The fourth-order valence-corrected chi connectivity index (χ4v) is 8.18. The Morgan fingerprint density at radius 1 is 1.21 bits per heavy atom. The molecule has 0 N–H and O–H groups in total. The largest absolute Gasteiger partial charge is 0.229 e. The van der Waals surface area contributed by atoms with Crippen molar-refractivity contribution in [1.29, 1.82) is 0 Å². The van der Waals surface area contributed by atoms with Crippen molar-refractivity contribution in [3.05, 3.63) is 35.4 Å². The molecule has 1 unspecified atom stereocenters. The molecule has 1 saturated heterocycles. The Kier molecular flexibility index (Phi) is 5.89. The first-order valence-corrected chi connectivity index (χ1v) is 12.3. The molecule has 0 bridgehead atoms. The van der Waals surface area contributed by atoms with E-state index in [4.69, 9.17) is 0 Å². The van der Waals surface area contributed by atoms with Crippen LogP contribution in [0.1, 0.15) is 37.3 Å². The lowest BCUT2D eigenvalue weighted by Gasteiger charge is -2.06. The van der Waals surface area contributed by atoms with Crippen LogP contribution in [0.3, 0.4) is 0 Å². The molecular formula is C16H20N2O2S4. The molecule has 0 radical (unpaired) electrons. The van der Waals surface area contributed by atoms with Gasteiger partial charge < -0.3 is 0 Å². The highest BCUT2D eigenvalue weighted by Gasteiger charge is 2.29. The maximum absolute atomic E-state index is 11.5. The van der Waals surface area contributed by atoms with Crippen LogP contribution in [0.25, 0.3) is 0 Å². The molecule has 1 aliphatic heterocycles. The highest BCUT2D eigenvalue weighted by Crippen LogP contribution is 2.36. The van der Waals surface area contributed by atoms with Crippen molar-refractivity contribution in [2.45, 2.75) is 45.9 Å². The van der Waals surface area contributed by atoms with Gasteiger partial charge in [-0.1, -0.05) is 73.0 Å².